The number of ether oxygens (including phenoxy) is 1. The number of hydrogen-bond acceptors (Lipinski definition) is 6. The molecule has 2 aromatic heterocycles. The van der Waals surface area contributed by atoms with Crippen molar-refractivity contribution in [3.63, 3.8) is 0 Å². The average molecular weight is 353 g/mol. The standard InChI is InChI=1S/C18H19N5OS/c1-3-11-25-18-20-17-15(21-22-18)12-7-4-5-8-13(12)19-16(24-17)14-9-6-10-23(14)2/h4-10,16,19H,3,11H2,1-2H3/t16-/m1/s1. The zero-order chi connectivity index (χ0) is 17.2. The molecule has 1 atom stereocenters. The first kappa shape index (κ1) is 16.0. The first-order valence-corrected chi connectivity index (χ1v) is 9.26. The number of anilines is 1. The van der Waals surface area contributed by atoms with Crippen LogP contribution in [0.15, 0.2) is 47.8 Å². The third kappa shape index (κ3) is 3.07. The molecule has 1 aromatic carbocycles. The van der Waals surface area contributed by atoms with Crippen molar-refractivity contribution < 1.29 is 4.74 Å². The molecule has 0 amide bonds. The van der Waals surface area contributed by atoms with E-state index in [2.05, 4.69) is 27.4 Å². The van der Waals surface area contributed by atoms with Crippen LogP contribution in [-0.4, -0.2) is 25.5 Å². The molecule has 25 heavy (non-hydrogen) atoms. The van der Waals surface area contributed by atoms with Gasteiger partial charge in [-0.15, -0.1) is 10.2 Å². The van der Waals surface area contributed by atoms with E-state index in [1.807, 2.05) is 54.2 Å². The highest BCUT2D eigenvalue weighted by molar-refractivity contribution is 7.99. The van der Waals surface area contributed by atoms with Gasteiger partial charge in [-0.05, 0) is 24.6 Å². The fraction of sp³-hybridized carbons (Fsp3) is 0.278. The Bertz CT molecular complexity index is 895. The lowest BCUT2D eigenvalue weighted by molar-refractivity contribution is 0.217. The number of aryl methyl sites for hydroxylation is 1. The lowest BCUT2D eigenvalue weighted by Gasteiger charge is -2.19. The summed E-state index contributed by atoms with van der Waals surface area (Å²) in [6.45, 7) is 2.13. The Morgan fingerprint density at radius 1 is 1.20 bits per heavy atom. The lowest BCUT2D eigenvalue weighted by Crippen LogP contribution is -2.19. The molecule has 128 valence electrons. The van der Waals surface area contributed by atoms with Crippen LogP contribution in [0.25, 0.3) is 11.3 Å². The zero-order valence-electron chi connectivity index (χ0n) is 14.1. The van der Waals surface area contributed by atoms with Crippen LogP contribution in [0.4, 0.5) is 5.69 Å². The number of rotatable bonds is 4. The number of aromatic nitrogens is 4. The number of nitrogens with one attached hydrogen (secondary N) is 1. The predicted octanol–water partition coefficient (Wildman–Crippen LogP) is 3.88. The number of nitrogens with zero attached hydrogens (tertiary/aromatic N) is 4. The van der Waals surface area contributed by atoms with E-state index in [4.69, 9.17) is 4.74 Å². The van der Waals surface area contributed by atoms with Gasteiger partial charge in [-0.2, -0.15) is 4.98 Å². The minimum absolute atomic E-state index is 0.344. The highest BCUT2D eigenvalue weighted by Crippen LogP contribution is 2.39. The van der Waals surface area contributed by atoms with Crippen LogP contribution in [0.3, 0.4) is 0 Å². The summed E-state index contributed by atoms with van der Waals surface area (Å²) >= 11 is 1.59. The van der Waals surface area contributed by atoms with E-state index in [-0.39, 0.29) is 6.23 Å². The van der Waals surface area contributed by atoms with Crippen LogP contribution in [0.5, 0.6) is 5.88 Å². The van der Waals surface area contributed by atoms with Crippen molar-refractivity contribution in [2.45, 2.75) is 24.7 Å². The Labute approximate surface area is 150 Å². The van der Waals surface area contributed by atoms with E-state index in [0.29, 0.717) is 16.7 Å². The maximum atomic E-state index is 6.23. The Kier molecular flexibility index (Phi) is 4.31. The van der Waals surface area contributed by atoms with E-state index in [9.17, 15) is 0 Å². The second-order valence-corrected chi connectivity index (χ2v) is 6.89. The zero-order valence-corrected chi connectivity index (χ0v) is 15.0. The van der Waals surface area contributed by atoms with Crippen LogP contribution in [0.2, 0.25) is 0 Å². The highest BCUT2D eigenvalue weighted by Gasteiger charge is 2.27. The minimum atomic E-state index is -0.344. The molecule has 0 saturated heterocycles. The Balaban J connectivity index is 1.80. The monoisotopic (exact) mass is 353 g/mol. The molecule has 7 heteroatoms. The molecule has 3 aromatic rings. The van der Waals surface area contributed by atoms with Crippen molar-refractivity contribution in [1.29, 1.82) is 0 Å². The van der Waals surface area contributed by atoms with Crippen LogP contribution in [0, 0.1) is 0 Å². The molecular weight excluding hydrogens is 334 g/mol. The Hall–Kier alpha value is -2.54. The van der Waals surface area contributed by atoms with Gasteiger partial charge in [-0.25, -0.2) is 0 Å². The van der Waals surface area contributed by atoms with Crippen LogP contribution in [0.1, 0.15) is 25.3 Å². The smallest absolute Gasteiger partial charge is 0.247 e. The van der Waals surface area contributed by atoms with Gasteiger partial charge in [-0.1, -0.05) is 36.9 Å². The van der Waals surface area contributed by atoms with Gasteiger partial charge in [0.15, 0.2) is 5.69 Å². The molecule has 0 unspecified atom stereocenters. The molecule has 0 saturated carbocycles. The molecule has 0 aliphatic carbocycles. The summed E-state index contributed by atoms with van der Waals surface area (Å²) in [4.78, 5) is 4.62. The van der Waals surface area contributed by atoms with E-state index in [0.717, 1.165) is 29.1 Å². The van der Waals surface area contributed by atoms with Crippen molar-refractivity contribution in [2.75, 3.05) is 11.1 Å². The molecule has 0 spiro atoms. The van der Waals surface area contributed by atoms with E-state index in [1.54, 1.807) is 11.8 Å². The van der Waals surface area contributed by atoms with Gasteiger partial charge < -0.3 is 14.6 Å². The van der Waals surface area contributed by atoms with Crippen molar-refractivity contribution in [2.24, 2.45) is 7.05 Å². The highest BCUT2D eigenvalue weighted by atomic mass is 32.2. The molecular formula is C18H19N5OS. The minimum Gasteiger partial charge on any atom is -0.446 e. The molecule has 0 radical (unpaired) electrons. The largest absolute Gasteiger partial charge is 0.446 e. The van der Waals surface area contributed by atoms with E-state index in [1.165, 1.54) is 0 Å². The van der Waals surface area contributed by atoms with Crippen LogP contribution in [-0.2, 0) is 7.05 Å². The van der Waals surface area contributed by atoms with Gasteiger partial charge in [0.05, 0.1) is 5.69 Å². The summed E-state index contributed by atoms with van der Waals surface area (Å²) in [6.07, 6.45) is 2.71. The van der Waals surface area contributed by atoms with Gasteiger partial charge in [0.2, 0.25) is 17.3 Å². The van der Waals surface area contributed by atoms with Crippen molar-refractivity contribution in [3.8, 4) is 17.1 Å². The number of para-hydroxylation sites is 1. The summed E-state index contributed by atoms with van der Waals surface area (Å²) in [5, 5.41) is 12.8. The SMILES string of the molecule is CCCSc1nnc2c(n1)O[C@H](c1cccn1C)Nc1ccccc1-2. The molecule has 3 heterocycles. The molecule has 0 bridgehead atoms. The maximum Gasteiger partial charge on any atom is 0.247 e. The molecule has 6 nitrogen and oxygen atoms in total. The van der Waals surface area contributed by atoms with Crippen molar-refractivity contribution >= 4 is 17.4 Å². The summed E-state index contributed by atoms with van der Waals surface area (Å²) in [6, 6.07) is 12.0. The molecule has 1 aliphatic rings. The fourth-order valence-electron chi connectivity index (χ4n) is 2.78. The van der Waals surface area contributed by atoms with Gasteiger partial charge in [-0.3, -0.25) is 0 Å². The summed E-state index contributed by atoms with van der Waals surface area (Å²) < 4.78 is 8.26. The second kappa shape index (κ2) is 6.76. The maximum absolute atomic E-state index is 6.23. The Morgan fingerprint density at radius 2 is 2.08 bits per heavy atom. The molecule has 4 rings (SSSR count). The summed E-state index contributed by atoms with van der Waals surface area (Å²) in [5.74, 6) is 1.47. The van der Waals surface area contributed by atoms with E-state index >= 15 is 0 Å². The van der Waals surface area contributed by atoms with Crippen LogP contribution >= 0.6 is 11.8 Å². The second-order valence-electron chi connectivity index (χ2n) is 5.83. The van der Waals surface area contributed by atoms with E-state index < -0.39 is 0 Å². The summed E-state index contributed by atoms with van der Waals surface area (Å²) in [5.41, 5.74) is 3.59. The van der Waals surface area contributed by atoms with Crippen molar-refractivity contribution in [1.82, 2.24) is 19.7 Å². The molecule has 0 fully saturated rings. The van der Waals surface area contributed by atoms with Crippen LogP contribution < -0.4 is 10.1 Å². The normalized spacial score (nSPS) is 15.5. The number of benzene rings is 1. The topological polar surface area (TPSA) is 64.9 Å². The van der Waals surface area contributed by atoms with Crippen molar-refractivity contribution in [3.05, 3.63) is 48.3 Å². The lowest BCUT2D eigenvalue weighted by atomic mass is 10.1. The summed E-state index contributed by atoms with van der Waals surface area (Å²) in [7, 11) is 2.00. The number of thioether (sulfide) groups is 1. The molecule has 1 aliphatic heterocycles. The van der Waals surface area contributed by atoms with Gasteiger partial charge in [0, 0.05) is 30.2 Å². The first-order chi connectivity index (χ1) is 12.3. The third-order valence-corrected chi connectivity index (χ3v) is 5.06. The van der Waals surface area contributed by atoms with Gasteiger partial charge in [0.1, 0.15) is 0 Å². The van der Waals surface area contributed by atoms with Gasteiger partial charge >= 0.3 is 0 Å². The quantitative estimate of drug-likeness (QED) is 0.718. The third-order valence-electron chi connectivity index (χ3n) is 4.02. The van der Waals surface area contributed by atoms with Gasteiger partial charge in [0.25, 0.3) is 0 Å². The molecule has 1 N–H and O–H groups in total. The number of hydrogen-bond donors (Lipinski definition) is 1. The number of fused-ring (bicyclic) bond motifs is 3. The average Bonchev–Trinajstić information content (AvgIpc) is 2.98. The Morgan fingerprint density at radius 3 is 2.88 bits per heavy atom. The predicted molar refractivity (Wildman–Crippen MR) is 98.7 cm³/mol. The fourth-order valence-corrected chi connectivity index (χ4v) is 3.41. The first-order valence-electron chi connectivity index (χ1n) is 8.27.